The molecule has 2 aliphatic rings. The largest absolute Gasteiger partial charge is 0.378 e. The van der Waals surface area contributed by atoms with Crippen LogP contribution >= 0.6 is 0 Å². The Morgan fingerprint density at radius 3 is 2.81 bits per heavy atom. The van der Waals surface area contributed by atoms with Gasteiger partial charge in [-0.1, -0.05) is 17.9 Å². The lowest BCUT2D eigenvalue weighted by Gasteiger charge is -2.27. The number of amides is 1. The van der Waals surface area contributed by atoms with Crippen molar-refractivity contribution < 1.29 is 9.53 Å². The number of hydrogen-bond donors (Lipinski definition) is 3. The number of morpholine rings is 1. The maximum absolute atomic E-state index is 12.6. The maximum atomic E-state index is 12.6. The van der Waals surface area contributed by atoms with Crippen LogP contribution in [-0.2, 0) is 4.74 Å². The van der Waals surface area contributed by atoms with Gasteiger partial charge in [-0.15, -0.1) is 5.10 Å². The number of carbonyl (C=O) groups is 1. The molecule has 1 amide bonds. The Morgan fingerprint density at radius 1 is 1.27 bits per heavy atom. The van der Waals surface area contributed by atoms with Crippen LogP contribution in [0.1, 0.15) is 36.0 Å². The SMILES string of the molecule is O=C(Nc1nn[nH]n1)c1cnc(N2CCOCC2)nc1NC1CCCC1. The Balaban J connectivity index is 1.59. The topological polar surface area (TPSA) is 134 Å². The molecule has 11 nitrogen and oxygen atoms in total. The minimum Gasteiger partial charge on any atom is -0.378 e. The Labute approximate surface area is 149 Å². The number of rotatable bonds is 5. The Hall–Kier alpha value is -2.82. The van der Waals surface area contributed by atoms with Gasteiger partial charge in [0.05, 0.1) is 13.2 Å². The quantitative estimate of drug-likeness (QED) is 0.695. The number of H-pyrrole nitrogens is 1. The number of tetrazole rings is 1. The van der Waals surface area contributed by atoms with Gasteiger partial charge < -0.3 is 15.0 Å². The van der Waals surface area contributed by atoms with E-state index in [1.807, 2.05) is 0 Å². The van der Waals surface area contributed by atoms with Crippen molar-refractivity contribution in [3.63, 3.8) is 0 Å². The number of aromatic amines is 1. The molecule has 1 aliphatic carbocycles. The Morgan fingerprint density at radius 2 is 2.08 bits per heavy atom. The van der Waals surface area contributed by atoms with E-state index in [2.05, 4.69) is 46.1 Å². The monoisotopic (exact) mass is 359 g/mol. The summed E-state index contributed by atoms with van der Waals surface area (Å²) >= 11 is 0. The van der Waals surface area contributed by atoms with Gasteiger partial charge in [-0.25, -0.2) is 4.98 Å². The standard InChI is InChI=1S/C15H21N9O2/c25-13(19-14-20-22-23-21-14)11-9-16-15(24-5-7-26-8-6-24)18-12(11)17-10-3-1-2-4-10/h9-10H,1-8H2,(H,16,17,18)(H2,19,20,21,22,23,25). The van der Waals surface area contributed by atoms with Gasteiger partial charge in [0.2, 0.25) is 5.95 Å². The fourth-order valence-electron chi connectivity index (χ4n) is 3.21. The van der Waals surface area contributed by atoms with Crippen molar-refractivity contribution in [2.75, 3.05) is 41.8 Å². The van der Waals surface area contributed by atoms with Crippen LogP contribution in [0.25, 0.3) is 0 Å². The number of aromatic nitrogens is 6. The van der Waals surface area contributed by atoms with E-state index in [1.165, 1.54) is 12.8 Å². The van der Waals surface area contributed by atoms with E-state index >= 15 is 0 Å². The lowest BCUT2D eigenvalue weighted by Crippen LogP contribution is -2.37. The zero-order valence-corrected chi connectivity index (χ0v) is 14.3. The van der Waals surface area contributed by atoms with Crippen molar-refractivity contribution >= 4 is 23.6 Å². The molecular formula is C15H21N9O2. The van der Waals surface area contributed by atoms with Crippen molar-refractivity contribution in [2.45, 2.75) is 31.7 Å². The molecule has 1 saturated carbocycles. The third-order valence-corrected chi connectivity index (χ3v) is 4.58. The van der Waals surface area contributed by atoms with Gasteiger partial charge in [-0.05, 0) is 18.1 Å². The Bertz CT molecular complexity index is 740. The normalized spacial score (nSPS) is 18.1. The van der Waals surface area contributed by atoms with Gasteiger partial charge in [0.15, 0.2) is 0 Å². The van der Waals surface area contributed by atoms with E-state index in [0.29, 0.717) is 36.6 Å². The molecule has 2 aromatic heterocycles. The highest BCUT2D eigenvalue weighted by Gasteiger charge is 2.23. The second-order valence-corrected chi connectivity index (χ2v) is 6.35. The summed E-state index contributed by atoms with van der Waals surface area (Å²) in [6, 6.07) is 0.319. The van der Waals surface area contributed by atoms with Gasteiger partial charge in [0, 0.05) is 25.3 Å². The smallest absolute Gasteiger partial charge is 0.270 e. The molecule has 1 saturated heterocycles. The molecule has 0 spiro atoms. The molecule has 0 aromatic carbocycles. The fraction of sp³-hybridized carbons (Fsp3) is 0.600. The summed E-state index contributed by atoms with van der Waals surface area (Å²) in [4.78, 5) is 23.7. The molecule has 0 radical (unpaired) electrons. The predicted octanol–water partition coefficient (Wildman–Crippen LogP) is 0.433. The van der Waals surface area contributed by atoms with E-state index in [9.17, 15) is 4.79 Å². The first-order valence-electron chi connectivity index (χ1n) is 8.80. The number of nitrogens with one attached hydrogen (secondary N) is 3. The molecule has 11 heteroatoms. The molecule has 3 N–H and O–H groups in total. The van der Waals surface area contributed by atoms with Crippen LogP contribution in [0.3, 0.4) is 0 Å². The highest BCUT2D eigenvalue weighted by atomic mass is 16.5. The minimum absolute atomic E-state index is 0.110. The summed E-state index contributed by atoms with van der Waals surface area (Å²) in [6.45, 7) is 2.76. The molecule has 1 aliphatic heterocycles. The third kappa shape index (κ3) is 3.72. The molecule has 0 unspecified atom stereocenters. The average molecular weight is 359 g/mol. The number of carbonyl (C=O) groups excluding carboxylic acids is 1. The van der Waals surface area contributed by atoms with Crippen LogP contribution in [0.2, 0.25) is 0 Å². The van der Waals surface area contributed by atoms with Crippen LogP contribution in [0.5, 0.6) is 0 Å². The number of anilines is 3. The number of hydrogen-bond acceptors (Lipinski definition) is 9. The number of nitrogens with zero attached hydrogens (tertiary/aromatic N) is 6. The van der Waals surface area contributed by atoms with Gasteiger partial charge in [0.1, 0.15) is 11.4 Å². The predicted molar refractivity (Wildman–Crippen MR) is 93.1 cm³/mol. The summed E-state index contributed by atoms with van der Waals surface area (Å²) in [5.74, 6) is 0.874. The molecular weight excluding hydrogens is 338 g/mol. The van der Waals surface area contributed by atoms with Gasteiger partial charge >= 0.3 is 0 Å². The van der Waals surface area contributed by atoms with E-state index in [0.717, 1.165) is 25.9 Å². The summed E-state index contributed by atoms with van der Waals surface area (Å²) in [7, 11) is 0. The zero-order chi connectivity index (χ0) is 17.8. The van der Waals surface area contributed by atoms with Crippen molar-refractivity contribution in [3.05, 3.63) is 11.8 Å². The molecule has 2 fully saturated rings. The van der Waals surface area contributed by atoms with Gasteiger partial charge in [0.25, 0.3) is 11.9 Å². The van der Waals surface area contributed by atoms with Crippen LogP contribution in [0, 0.1) is 0 Å². The lowest BCUT2D eigenvalue weighted by molar-refractivity contribution is 0.102. The van der Waals surface area contributed by atoms with Crippen LogP contribution in [0.4, 0.5) is 17.7 Å². The molecule has 26 heavy (non-hydrogen) atoms. The third-order valence-electron chi connectivity index (χ3n) is 4.58. The molecule has 138 valence electrons. The summed E-state index contributed by atoms with van der Waals surface area (Å²) in [6.07, 6.45) is 6.06. The van der Waals surface area contributed by atoms with Crippen LogP contribution < -0.4 is 15.5 Å². The second kappa shape index (κ2) is 7.60. The van der Waals surface area contributed by atoms with Crippen molar-refractivity contribution in [1.29, 1.82) is 0 Å². The number of ether oxygens (including phenoxy) is 1. The van der Waals surface area contributed by atoms with Crippen molar-refractivity contribution in [1.82, 2.24) is 30.6 Å². The molecule has 3 heterocycles. The van der Waals surface area contributed by atoms with E-state index in [1.54, 1.807) is 6.20 Å². The zero-order valence-electron chi connectivity index (χ0n) is 14.3. The van der Waals surface area contributed by atoms with Crippen LogP contribution in [-0.4, -0.2) is 68.8 Å². The van der Waals surface area contributed by atoms with E-state index in [-0.39, 0.29) is 11.9 Å². The summed E-state index contributed by atoms with van der Waals surface area (Å²) in [5.41, 5.74) is 0.360. The Kier molecular flexibility index (Phi) is 4.86. The molecule has 0 atom stereocenters. The van der Waals surface area contributed by atoms with Crippen molar-refractivity contribution in [3.8, 4) is 0 Å². The highest BCUT2D eigenvalue weighted by Crippen LogP contribution is 2.25. The maximum Gasteiger partial charge on any atom is 0.270 e. The molecule has 2 aromatic rings. The van der Waals surface area contributed by atoms with Gasteiger partial charge in [-0.3, -0.25) is 10.1 Å². The fourth-order valence-corrected chi connectivity index (χ4v) is 3.21. The lowest BCUT2D eigenvalue weighted by atomic mass is 10.2. The van der Waals surface area contributed by atoms with E-state index < -0.39 is 0 Å². The van der Waals surface area contributed by atoms with Crippen molar-refractivity contribution in [2.24, 2.45) is 0 Å². The molecule has 4 rings (SSSR count). The summed E-state index contributed by atoms with van der Waals surface area (Å²) in [5, 5.41) is 19.2. The first kappa shape index (κ1) is 16.6. The van der Waals surface area contributed by atoms with E-state index in [4.69, 9.17) is 4.74 Å². The van der Waals surface area contributed by atoms with Crippen LogP contribution in [0.15, 0.2) is 6.20 Å². The second-order valence-electron chi connectivity index (χ2n) is 6.35. The highest BCUT2D eigenvalue weighted by molar-refractivity contribution is 6.06. The minimum atomic E-state index is -0.375. The molecule has 0 bridgehead atoms. The first-order chi connectivity index (χ1) is 12.8. The summed E-state index contributed by atoms with van der Waals surface area (Å²) < 4.78 is 5.38. The average Bonchev–Trinajstić information content (AvgIpc) is 3.36. The first-order valence-corrected chi connectivity index (χ1v) is 8.80. The van der Waals surface area contributed by atoms with Gasteiger partial charge in [-0.2, -0.15) is 10.2 Å².